The van der Waals surface area contributed by atoms with E-state index >= 15 is 0 Å². The van der Waals surface area contributed by atoms with Crippen LogP contribution in [-0.4, -0.2) is 28.5 Å². The van der Waals surface area contributed by atoms with Crippen LogP contribution in [0, 0.1) is 12.7 Å². The van der Waals surface area contributed by atoms with Gasteiger partial charge >= 0.3 is 0 Å². The summed E-state index contributed by atoms with van der Waals surface area (Å²) >= 11 is 1.73. The third-order valence-electron chi connectivity index (χ3n) is 5.65. The molecule has 0 radical (unpaired) electrons. The lowest BCUT2D eigenvalue weighted by molar-refractivity contribution is 0.203. The molecule has 5 rings (SSSR count). The second kappa shape index (κ2) is 7.28. The van der Waals surface area contributed by atoms with Crippen LogP contribution in [0.15, 0.2) is 48.7 Å². The van der Waals surface area contributed by atoms with Crippen molar-refractivity contribution in [1.29, 1.82) is 0 Å². The van der Waals surface area contributed by atoms with Crippen molar-refractivity contribution in [1.82, 2.24) is 14.9 Å². The minimum absolute atomic E-state index is 0.00283. The van der Waals surface area contributed by atoms with E-state index in [4.69, 9.17) is 4.74 Å². The maximum Gasteiger partial charge on any atom is 0.165 e. The van der Waals surface area contributed by atoms with Crippen LogP contribution in [-0.2, 0) is 13.0 Å². The molecule has 4 nitrogen and oxygen atoms in total. The number of aromatic amines is 1. The van der Waals surface area contributed by atoms with Crippen LogP contribution < -0.4 is 4.74 Å². The third kappa shape index (κ3) is 3.22. The van der Waals surface area contributed by atoms with Gasteiger partial charge in [0.2, 0.25) is 0 Å². The molecule has 0 amide bonds. The van der Waals surface area contributed by atoms with E-state index in [0.29, 0.717) is 0 Å². The van der Waals surface area contributed by atoms with Gasteiger partial charge in [-0.15, -0.1) is 11.3 Å². The standard InChI is InChI=1S/C23H22FN3OS/c1-14-25-12-16(29-14)13-27-10-9-18-17-5-3-4-6-20(17)26-22(18)23(27)15-7-8-19(24)21(11-15)28-2/h3-8,11-12,23,26H,9-10,13H2,1-2H3/t23-/m0/s1. The number of hydrogen-bond acceptors (Lipinski definition) is 4. The van der Waals surface area contributed by atoms with Gasteiger partial charge in [-0.25, -0.2) is 9.37 Å². The number of halogens is 1. The topological polar surface area (TPSA) is 41.1 Å². The normalized spacial score (nSPS) is 16.9. The molecular formula is C23H22FN3OS. The highest BCUT2D eigenvalue weighted by Crippen LogP contribution is 2.40. The summed E-state index contributed by atoms with van der Waals surface area (Å²) in [4.78, 5) is 11.7. The predicted octanol–water partition coefficient (Wildman–Crippen LogP) is 5.23. The number of methoxy groups -OCH3 is 1. The molecule has 1 aliphatic heterocycles. The third-order valence-corrected chi connectivity index (χ3v) is 6.55. The van der Waals surface area contributed by atoms with Gasteiger partial charge in [0.25, 0.3) is 0 Å². The molecule has 1 N–H and O–H groups in total. The molecule has 29 heavy (non-hydrogen) atoms. The van der Waals surface area contributed by atoms with Gasteiger partial charge in [-0.1, -0.05) is 24.3 Å². The summed E-state index contributed by atoms with van der Waals surface area (Å²) in [5.41, 5.74) is 4.71. The van der Waals surface area contributed by atoms with Crippen LogP contribution in [0.5, 0.6) is 5.75 Å². The van der Waals surface area contributed by atoms with Crippen molar-refractivity contribution >= 4 is 22.2 Å². The molecule has 3 heterocycles. The smallest absolute Gasteiger partial charge is 0.165 e. The zero-order chi connectivity index (χ0) is 20.0. The van der Waals surface area contributed by atoms with E-state index in [1.54, 1.807) is 11.3 Å². The second-order valence-electron chi connectivity index (χ2n) is 7.43. The van der Waals surface area contributed by atoms with E-state index < -0.39 is 0 Å². The number of ether oxygens (including phenoxy) is 1. The van der Waals surface area contributed by atoms with Crippen LogP contribution in [0.4, 0.5) is 4.39 Å². The number of thiazole rings is 1. The molecule has 1 aliphatic rings. The molecule has 0 aliphatic carbocycles. The van der Waals surface area contributed by atoms with Crippen LogP contribution in [0.3, 0.4) is 0 Å². The highest BCUT2D eigenvalue weighted by atomic mass is 32.1. The van der Waals surface area contributed by atoms with Gasteiger partial charge in [-0.2, -0.15) is 0 Å². The SMILES string of the molecule is COc1cc([C@H]2c3[nH]c4ccccc4c3CCN2Cc2cnc(C)s2)ccc1F. The first-order valence-electron chi connectivity index (χ1n) is 9.72. The molecule has 0 fully saturated rings. The van der Waals surface area contributed by atoms with Gasteiger partial charge in [-0.05, 0) is 42.7 Å². The molecule has 0 spiro atoms. The zero-order valence-corrected chi connectivity index (χ0v) is 17.2. The Kier molecular flexibility index (Phi) is 4.60. The van der Waals surface area contributed by atoms with Crippen molar-refractivity contribution in [2.75, 3.05) is 13.7 Å². The monoisotopic (exact) mass is 407 g/mol. The van der Waals surface area contributed by atoms with E-state index in [1.807, 2.05) is 25.3 Å². The Morgan fingerprint density at radius 2 is 2.14 bits per heavy atom. The summed E-state index contributed by atoms with van der Waals surface area (Å²) in [6.45, 7) is 3.77. The van der Waals surface area contributed by atoms with Crippen molar-refractivity contribution in [3.05, 3.63) is 81.2 Å². The molecule has 6 heteroatoms. The quantitative estimate of drug-likeness (QED) is 0.504. The van der Waals surface area contributed by atoms with E-state index in [1.165, 1.54) is 34.7 Å². The number of fused-ring (bicyclic) bond motifs is 3. The van der Waals surface area contributed by atoms with E-state index in [-0.39, 0.29) is 17.6 Å². The molecule has 148 valence electrons. The Bertz CT molecular complexity index is 1180. The Balaban J connectivity index is 1.64. The molecule has 0 saturated heterocycles. The highest BCUT2D eigenvalue weighted by Gasteiger charge is 2.32. The molecule has 0 saturated carbocycles. The lowest BCUT2D eigenvalue weighted by Gasteiger charge is -2.36. The average Bonchev–Trinajstić information content (AvgIpc) is 3.31. The van der Waals surface area contributed by atoms with Crippen molar-refractivity contribution in [2.45, 2.75) is 25.9 Å². The van der Waals surface area contributed by atoms with Crippen LogP contribution in [0.1, 0.15) is 32.7 Å². The average molecular weight is 408 g/mol. The van der Waals surface area contributed by atoms with E-state index in [9.17, 15) is 4.39 Å². The minimum Gasteiger partial charge on any atom is -0.494 e. The number of aryl methyl sites for hydroxylation is 1. The van der Waals surface area contributed by atoms with Gasteiger partial charge in [0.05, 0.1) is 18.2 Å². The lowest BCUT2D eigenvalue weighted by atomic mass is 9.92. The fourth-order valence-electron chi connectivity index (χ4n) is 4.36. The maximum absolute atomic E-state index is 14.1. The molecular weight excluding hydrogens is 385 g/mol. The Labute approximate surface area is 173 Å². The first-order chi connectivity index (χ1) is 14.1. The van der Waals surface area contributed by atoms with Crippen molar-refractivity contribution in [2.24, 2.45) is 0 Å². The van der Waals surface area contributed by atoms with E-state index in [2.05, 4.69) is 39.1 Å². The van der Waals surface area contributed by atoms with Crippen LogP contribution in [0.25, 0.3) is 10.9 Å². The lowest BCUT2D eigenvalue weighted by Crippen LogP contribution is -2.35. The highest BCUT2D eigenvalue weighted by molar-refractivity contribution is 7.11. The van der Waals surface area contributed by atoms with Crippen LogP contribution >= 0.6 is 11.3 Å². The summed E-state index contributed by atoms with van der Waals surface area (Å²) < 4.78 is 19.4. The minimum atomic E-state index is -0.339. The Hall–Kier alpha value is -2.70. The summed E-state index contributed by atoms with van der Waals surface area (Å²) in [5.74, 6) is -0.0621. The van der Waals surface area contributed by atoms with Gasteiger partial charge in [-0.3, -0.25) is 4.90 Å². The summed E-state index contributed by atoms with van der Waals surface area (Å²) in [5, 5.41) is 2.35. The van der Waals surface area contributed by atoms with Crippen molar-refractivity contribution in [3.63, 3.8) is 0 Å². The first kappa shape index (κ1) is 18.3. The molecule has 0 unspecified atom stereocenters. The maximum atomic E-state index is 14.1. The molecule has 2 aromatic heterocycles. The number of para-hydroxylation sites is 1. The molecule has 1 atom stereocenters. The Morgan fingerprint density at radius 3 is 2.93 bits per heavy atom. The number of nitrogens with zero attached hydrogens (tertiary/aromatic N) is 2. The molecule has 2 aromatic carbocycles. The Morgan fingerprint density at radius 1 is 1.28 bits per heavy atom. The van der Waals surface area contributed by atoms with Gasteiger partial charge < -0.3 is 9.72 Å². The number of H-pyrrole nitrogens is 1. The van der Waals surface area contributed by atoms with Gasteiger partial charge in [0, 0.05) is 40.8 Å². The van der Waals surface area contributed by atoms with Gasteiger partial charge in [0.15, 0.2) is 11.6 Å². The summed E-state index contributed by atoms with van der Waals surface area (Å²) in [7, 11) is 1.51. The molecule has 4 aromatic rings. The number of nitrogens with one attached hydrogen (secondary N) is 1. The molecule has 0 bridgehead atoms. The fourth-order valence-corrected chi connectivity index (χ4v) is 5.18. The summed E-state index contributed by atoms with van der Waals surface area (Å²) in [6.07, 6.45) is 2.94. The van der Waals surface area contributed by atoms with E-state index in [0.717, 1.165) is 35.6 Å². The number of aromatic nitrogens is 2. The first-order valence-corrected chi connectivity index (χ1v) is 10.5. The van der Waals surface area contributed by atoms with Gasteiger partial charge in [0.1, 0.15) is 0 Å². The van der Waals surface area contributed by atoms with Crippen molar-refractivity contribution < 1.29 is 9.13 Å². The summed E-state index contributed by atoms with van der Waals surface area (Å²) in [6, 6.07) is 13.6. The van der Waals surface area contributed by atoms with Crippen molar-refractivity contribution in [3.8, 4) is 5.75 Å². The second-order valence-corrected chi connectivity index (χ2v) is 8.74. The number of rotatable bonds is 4. The number of benzene rings is 2. The number of hydrogen-bond donors (Lipinski definition) is 1. The van der Waals surface area contributed by atoms with Crippen LogP contribution in [0.2, 0.25) is 0 Å². The fraction of sp³-hybridized carbons (Fsp3) is 0.261. The predicted molar refractivity (Wildman–Crippen MR) is 114 cm³/mol. The largest absolute Gasteiger partial charge is 0.494 e. The zero-order valence-electron chi connectivity index (χ0n) is 16.4.